The van der Waals surface area contributed by atoms with Crippen molar-refractivity contribution in [1.82, 2.24) is 4.90 Å². The predicted octanol–water partition coefficient (Wildman–Crippen LogP) is 2.94. The number of furan rings is 1. The van der Waals surface area contributed by atoms with E-state index in [1.54, 1.807) is 13.8 Å². The number of alkyl halides is 3. The SMILES string of the molecule is CC(C)CN(CC(F)(F)F)C(=O)c1ccoc1. The van der Waals surface area contributed by atoms with Gasteiger partial charge in [0.1, 0.15) is 12.8 Å². The maximum atomic E-state index is 12.3. The Bertz CT molecular complexity index is 357. The number of hydrogen-bond acceptors (Lipinski definition) is 2. The first-order valence-electron chi connectivity index (χ1n) is 5.18. The number of nitrogens with zero attached hydrogens (tertiary/aromatic N) is 1. The van der Waals surface area contributed by atoms with Gasteiger partial charge in [-0.2, -0.15) is 13.2 Å². The van der Waals surface area contributed by atoms with Crippen molar-refractivity contribution in [2.45, 2.75) is 20.0 Å². The first-order chi connectivity index (χ1) is 7.79. The fourth-order valence-electron chi connectivity index (χ4n) is 1.45. The van der Waals surface area contributed by atoms with Gasteiger partial charge in [-0.1, -0.05) is 13.8 Å². The zero-order valence-electron chi connectivity index (χ0n) is 9.62. The normalized spacial score (nSPS) is 11.9. The predicted molar refractivity (Wildman–Crippen MR) is 55.5 cm³/mol. The lowest BCUT2D eigenvalue weighted by molar-refractivity contribution is -0.141. The van der Waals surface area contributed by atoms with Crippen LogP contribution in [0.1, 0.15) is 24.2 Å². The third-order valence-corrected chi connectivity index (χ3v) is 2.01. The highest BCUT2D eigenvalue weighted by Crippen LogP contribution is 2.19. The fourth-order valence-corrected chi connectivity index (χ4v) is 1.45. The van der Waals surface area contributed by atoms with Crippen LogP contribution in [0, 0.1) is 5.92 Å². The molecule has 0 aromatic carbocycles. The monoisotopic (exact) mass is 249 g/mol. The maximum absolute atomic E-state index is 12.3. The van der Waals surface area contributed by atoms with E-state index in [4.69, 9.17) is 4.42 Å². The van der Waals surface area contributed by atoms with Crippen LogP contribution in [0.4, 0.5) is 13.2 Å². The number of rotatable bonds is 4. The highest BCUT2D eigenvalue weighted by atomic mass is 19.4. The summed E-state index contributed by atoms with van der Waals surface area (Å²) >= 11 is 0. The van der Waals surface area contributed by atoms with Gasteiger partial charge in [-0.05, 0) is 12.0 Å². The molecule has 17 heavy (non-hydrogen) atoms. The summed E-state index contributed by atoms with van der Waals surface area (Å²) in [6.45, 7) is 2.33. The lowest BCUT2D eigenvalue weighted by Crippen LogP contribution is -2.40. The number of halogens is 3. The van der Waals surface area contributed by atoms with Crippen molar-refractivity contribution < 1.29 is 22.4 Å². The van der Waals surface area contributed by atoms with E-state index < -0.39 is 18.6 Å². The molecule has 1 heterocycles. The van der Waals surface area contributed by atoms with Gasteiger partial charge >= 0.3 is 6.18 Å². The van der Waals surface area contributed by atoms with Crippen molar-refractivity contribution >= 4 is 5.91 Å². The molecule has 0 radical (unpaired) electrons. The summed E-state index contributed by atoms with van der Waals surface area (Å²) < 4.78 is 41.7. The smallest absolute Gasteiger partial charge is 0.406 e. The lowest BCUT2D eigenvalue weighted by atomic mass is 10.2. The van der Waals surface area contributed by atoms with Crippen LogP contribution in [-0.2, 0) is 0 Å². The second kappa shape index (κ2) is 5.25. The van der Waals surface area contributed by atoms with Crippen molar-refractivity contribution in [1.29, 1.82) is 0 Å². The second-order valence-corrected chi connectivity index (χ2v) is 4.21. The van der Waals surface area contributed by atoms with E-state index in [1.807, 2.05) is 0 Å². The van der Waals surface area contributed by atoms with Crippen LogP contribution in [0.5, 0.6) is 0 Å². The van der Waals surface area contributed by atoms with E-state index in [2.05, 4.69) is 0 Å². The molecule has 0 aliphatic heterocycles. The molecular weight excluding hydrogens is 235 g/mol. The van der Waals surface area contributed by atoms with Crippen LogP contribution in [0.2, 0.25) is 0 Å². The van der Waals surface area contributed by atoms with Crippen LogP contribution in [-0.4, -0.2) is 30.1 Å². The Morgan fingerprint density at radius 2 is 2.12 bits per heavy atom. The first-order valence-corrected chi connectivity index (χ1v) is 5.18. The minimum atomic E-state index is -4.39. The average molecular weight is 249 g/mol. The quantitative estimate of drug-likeness (QED) is 0.822. The Morgan fingerprint density at radius 1 is 1.47 bits per heavy atom. The molecule has 0 aliphatic rings. The van der Waals surface area contributed by atoms with E-state index in [0.717, 1.165) is 11.2 Å². The Labute approximate surface area is 97.2 Å². The molecule has 0 N–H and O–H groups in total. The minimum absolute atomic E-state index is 0.0341. The second-order valence-electron chi connectivity index (χ2n) is 4.21. The molecule has 1 rings (SSSR count). The molecule has 1 aromatic heterocycles. The Hall–Kier alpha value is -1.46. The molecule has 0 fully saturated rings. The topological polar surface area (TPSA) is 33.5 Å². The van der Waals surface area contributed by atoms with Gasteiger partial charge in [0.15, 0.2) is 0 Å². The highest BCUT2D eigenvalue weighted by molar-refractivity contribution is 5.93. The van der Waals surface area contributed by atoms with Crippen LogP contribution in [0.15, 0.2) is 23.0 Å². The molecule has 0 saturated heterocycles. The summed E-state index contributed by atoms with van der Waals surface area (Å²) in [6, 6.07) is 1.35. The summed E-state index contributed by atoms with van der Waals surface area (Å²) in [6.07, 6.45) is -1.99. The van der Waals surface area contributed by atoms with Crippen LogP contribution in [0.25, 0.3) is 0 Å². The summed E-state index contributed by atoms with van der Waals surface area (Å²) in [5.74, 6) is -0.696. The molecule has 1 amide bonds. The Kier molecular flexibility index (Phi) is 4.20. The molecule has 0 aliphatic carbocycles. The van der Waals surface area contributed by atoms with Gasteiger partial charge in [0, 0.05) is 6.54 Å². The molecule has 3 nitrogen and oxygen atoms in total. The minimum Gasteiger partial charge on any atom is -0.472 e. The average Bonchev–Trinajstić information content (AvgIpc) is 2.65. The molecule has 0 atom stereocenters. The fraction of sp³-hybridized carbons (Fsp3) is 0.545. The third kappa shape index (κ3) is 4.50. The first kappa shape index (κ1) is 13.6. The number of carbonyl (C=O) groups is 1. The van der Waals surface area contributed by atoms with Gasteiger partial charge in [0.2, 0.25) is 0 Å². The van der Waals surface area contributed by atoms with E-state index in [9.17, 15) is 18.0 Å². The number of hydrogen-bond donors (Lipinski definition) is 0. The van der Waals surface area contributed by atoms with Gasteiger partial charge in [0.25, 0.3) is 5.91 Å². The molecule has 6 heteroatoms. The largest absolute Gasteiger partial charge is 0.472 e. The van der Waals surface area contributed by atoms with Crippen molar-refractivity contribution in [3.05, 3.63) is 24.2 Å². The van der Waals surface area contributed by atoms with Crippen molar-refractivity contribution in [2.75, 3.05) is 13.1 Å². The maximum Gasteiger partial charge on any atom is 0.406 e. The van der Waals surface area contributed by atoms with E-state index >= 15 is 0 Å². The summed E-state index contributed by atoms with van der Waals surface area (Å²) in [5, 5.41) is 0. The van der Waals surface area contributed by atoms with Crippen molar-refractivity contribution in [3.63, 3.8) is 0 Å². The summed E-state index contributed by atoms with van der Waals surface area (Å²) in [5.41, 5.74) is 0.134. The molecule has 0 unspecified atom stereocenters. The zero-order valence-corrected chi connectivity index (χ0v) is 9.62. The number of amides is 1. The summed E-state index contributed by atoms with van der Waals surface area (Å²) in [4.78, 5) is 12.6. The lowest BCUT2D eigenvalue weighted by Gasteiger charge is -2.25. The van der Waals surface area contributed by atoms with Crippen LogP contribution < -0.4 is 0 Å². The van der Waals surface area contributed by atoms with Gasteiger partial charge in [-0.15, -0.1) is 0 Å². The molecular formula is C11H14F3NO2. The number of carbonyl (C=O) groups excluding carboxylic acids is 1. The highest BCUT2D eigenvalue weighted by Gasteiger charge is 2.33. The van der Waals surface area contributed by atoms with Gasteiger partial charge < -0.3 is 9.32 Å². The molecule has 0 spiro atoms. The Morgan fingerprint density at radius 3 is 2.53 bits per heavy atom. The van der Waals surface area contributed by atoms with Crippen LogP contribution >= 0.6 is 0 Å². The standard InChI is InChI=1S/C11H14F3NO2/c1-8(2)5-15(7-11(12,13)14)10(16)9-3-4-17-6-9/h3-4,6,8H,5,7H2,1-2H3. The summed E-state index contributed by atoms with van der Waals surface area (Å²) in [7, 11) is 0. The molecule has 1 aromatic rings. The molecule has 96 valence electrons. The van der Waals surface area contributed by atoms with Gasteiger partial charge in [-0.25, -0.2) is 0 Å². The third-order valence-electron chi connectivity index (χ3n) is 2.01. The van der Waals surface area contributed by atoms with Crippen molar-refractivity contribution in [3.8, 4) is 0 Å². The van der Waals surface area contributed by atoms with E-state index in [-0.39, 0.29) is 18.0 Å². The van der Waals surface area contributed by atoms with Gasteiger partial charge in [-0.3, -0.25) is 4.79 Å². The molecule has 0 saturated carbocycles. The molecule has 0 bridgehead atoms. The Balaban J connectivity index is 2.79. The van der Waals surface area contributed by atoms with Gasteiger partial charge in [0.05, 0.1) is 11.8 Å². The van der Waals surface area contributed by atoms with Crippen molar-refractivity contribution in [2.24, 2.45) is 5.92 Å². The zero-order chi connectivity index (χ0) is 13.1. The van der Waals surface area contributed by atoms with E-state index in [0.29, 0.717) is 0 Å². The van der Waals surface area contributed by atoms with Crippen LogP contribution in [0.3, 0.4) is 0 Å². The van der Waals surface area contributed by atoms with E-state index in [1.165, 1.54) is 12.3 Å².